The maximum atomic E-state index is 12.3. The number of nitrogens with zero attached hydrogens (tertiary/aromatic N) is 4. The number of aryl methyl sites for hydroxylation is 1. The number of aromatic nitrogens is 4. The van der Waals surface area contributed by atoms with Gasteiger partial charge in [-0.05, 0) is 31.0 Å². The van der Waals surface area contributed by atoms with Crippen LogP contribution in [0.3, 0.4) is 0 Å². The Morgan fingerprint density at radius 1 is 1.35 bits per heavy atom. The molecule has 1 fully saturated rings. The predicted octanol–water partition coefficient (Wildman–Crippen LogP) is 2.37. The Morgan fingerprint density at radius 3 is 2.96 bits per heavy atom. The second-order valence-electron chi connectivity index (χ2n) is 5.68. The van der Waals surface area contributed by atoms with E-state index in [1.807, 2.05) is 37.3 Å². The molecule has 0 unspecified atom stereocenters. The molecule has 4 rings (SSSR count). The first-order chi connectivity index (χ1) is 11.1. The average molecular weight is 328 g/mol. The van der Waals surface area contributed by atoms with Crippen LogP contribution in [0.1, 0.15) is 34.2 Å². The normalized spacial score (nSPS) is 19.7. The van der Waals surface area contributed by atoms with Crippen LogP contribution < -0.4 is 5.32 Å². The van der Waals surface area contributed by atoms with Crippen LogP contribution in [0.25, 0.3) is 5.78 Å². The van der Waals surface area contributed by atoms with E-state index in [-0.39, 0.29) is 23.7 Å². The molecule has 0 saturated heterocycles. The lowest BCUT2D eigenvalue weighted by molar-refractivity contribution is 0.0940. The van der Waals surface area contributed by atoms with Crippen molar-refractivity contribution in [3.63, 3.8) is 0 Å². The summed E-state index contributed by atoms with van der Waals surface area (Å²) >= 11 is 6.20. The lowest BCUT2D eigenvalue weighted by Crippen LogP contribution is -2.27. The Bertz CT molecular complexity index is 906. The molecule has 0 radical (unpaired) electrons. The van der Waals surface area contributed by atoms with Gasteiger partial charge in [-0.1, -0.05) is 29.8 Å². The molecule has 2 heterocycles. The molecule has 116 valence electrons. The first kappa shape index (κ1) is 14.1. The zero-order chi connectivity index (χ0) is 16.0. The highest BCUT2D eigenvalue weighted by Gasteiger charge is 2.41. The molecule has 1 saturated carbocycles. The van der Waals surface area contributed by atoms with Crippen molar-refractivity contribution in [2.75, 3.05) is 0 Å². The van der Waals surface area contributed by atoms with Crippen LogP contribution in [0.4, 0.5) is 0 Å². The lowest BCUT2D eigenvalue weighted by atomic mass is 10.1. The minimum atomic E-state index is -0.283. The Morgan fingerprint density at radius 2 is 2.17 bits per heavy atom. The molecule has 0 aliphatic heterocycles. The molecule has 3 aromatic rings. The number of halogens is 1. The summed E-state index contributed by atoms with van der Waals surface area (Å²) in [5.74, 6) is 0.532. The number of nitrogens with one attached hydrogen (secondary N) is 1. The van der Waals surface area contributed by atoms with Gasteiger partial charge >= 0.3 is 0 Å². The topological polar surface area (TPSA) is 72.2 Å². The van der Waals surface area contributed by atoms with Crippen LogP contribution in [0.15, 0.2) is 36.5 Å². The van der Waals surface area contributed by atoms with Gasteiger partial charge in [-0.15, -0.1) is 5.10 Å². The van der Waals surface area contributed by atoms with E-state index in [0.717, 1.165) is 22.7 Å². The molecule has 1 N–H and O–H groups in total. The highest BCUT2D eigenvalue weighted by atomic mass is 35.5. The molecule has 1 aromatic carbocycles. The third-order valence-corrected chi connectivity index (χ3v) is 4.39. The van der Waals surface area contributed by atoms with Gasteiger partial charge in [0, 0.05) is 28.9 Å². The van der Waals surface area contributed by atoms with Gasteiger partial charge in [0.1, 0.15) is 0 Å². The Hall–Kier alpha value is -2.47. The Labute approximate surface area is 137 Å². The Balaban J connectivity index is 1.50. The molecule has 2 aromatic heterocycles. The van der Waals surface area contributed by atoms with Crippen molar-refractivity contribution in [2.24, 2.45) is 0 Å². The summed E-state index contributed by atoms with van der Waals surface area (Å²) in [6.45, 7) is 1.89. The molecule has 1 aliphatic rings. The van der Waals surface area contributed by atoms with E-state index < -0.39 is 0 Å². The number of carbonyl (C=O) groups excluding carboxylic acids is 1. The molecular weight excluding hydrogens is 314 g/mol. The van der Waals surface area contributed by atoms with Gasteiger partial charge in [-0.3, -0.25) is 4.79 Å². The molecule has 6 nitrogen and oxygen atoms in total. The van der Waals surface area contributed by atoms with Crippen LogP contribution in [0.5, 0.6) is 0 Å². The van der Waals surface area contributed by atoms with Crippen molar-refractivity contribution in [1.82, 2.24) is 24.9 Å². The summed E-state index contributed by atoms with van der Waals surface area (Å²) in [5.41, 5.74) is 1.95. The van der Waals surface area contributed by atoms with Gasteiger partial charge in [0.25, 0.3) is 11.7 Å². The number of benzene rings is 1. The summed E-state index contributed by atoms with van der Waals surface area (Å²) in [6, 6.07) is 9.61. The molecule has 1 aliphatic carbocycles. The van der Waals surface area contributed by atoms with Gasteiger partial charge in [0.15, 0.2) is 0 Å². The SMILES string of the molecule is Cc1ccnc2nc(C(=O)N[C@@H]3C[C@@H]3c3ccccc3Cl)nn12. The minimum absolute atomic E-state index is 0.0723. The van der Waals surface area contributed by atoms with Gasteiger partial charge in [0.05, 0.1) is 0 Å². The standard InChI is InChI=1S/C16H14ClN5O/c1-9-6-7-18-16-20-14(21-22(9)16)15(23)19-13-8-11(13)10-4-2-3-5-12(10)17/h2-7,11,13H,8H2,1H3,(H,19,23)/t11-,13-/m1/s1. The van der Waals surface area contributed by atoms with E-state index in [0.29, 0.717) is 5.78 Å². The first-order valence-corrected chi connectivity index (χ1v) is 7.75. The van der Waals surface area contributed by atoms with E-state index in [1.165, 1.54) is 0 Å². The molecule has 23 heavy (non-hydrogen) atoms. The quantitative estimate of drug-likeness (QED) is 0.801. The number of hydrogen-bond donors (Lipinski definition) is 1. The second kappa shape index (κ2) is 5.31. The average Bonchev–Trinajstić information content (AvgIpc) is 3.13. The lowest BCUT2D eigenvalue weighted by Gasteiger charge is -2.04. The highest BCUT2D eigenvalue weighted by Crippen LogP contribution is 2.43. The highest BCUT2D eigenvalue weighted by molar-refractivity contribution is 6.31. The maximum Gasteiger partial charge on any atom is 0.291 e. The number of hydrogen-bond acceptors (Lipinski definition) is 4. The number of fused-ring (bicyclic) bond motifs is 1. The monoisotopic (exact) mass is 327 g/mol. The summed E-state index contributed by atoms with van der Waals surface area (Å²) in [4.78, 5) is 20.6. The molecule has 7 heteroatoms. The van der Waals surface area contributed by atoms with Crippen LogP contribution in [-0.4, -0.2) is 31.5 Å². The molecular formula is C16H14ClN5O. The minimum Gasteiger partial charge on any atom is -0.346 e. The number of amides is 1. The van der Waals surface area contributed by atoms with Crippen LogP contribution in [-0.2, 0) is 0 Å². The fraction of sp³-hybridized carbons (Fsp3) is 0.250. The van der Waals surface area contributed by atoms with E-state index >= 15 is 0 Å². The molecule has 0 spiro atoms. The molecule has 0 bridgehead atoms. The van der Waals surface area contributed by atoms with Crippen molar-refractivity contribution in [1.29, 1.82) is 0 Å². The van der Waals surface area contributed by atoms with E-state index in [1.54, 1.807) is 10.7 Å². The van der Waals surface area contributed by atoms with E-state index in [2.05, 4.69) is 20.4 Å². The van der Waals surface area contributed by atoms with E-state index in [4.69, 9.17) is 11.6 Å². The third kappa shape index (κ3) is 2.55. The van der Waals surface area contributed by atoms with Crippen molar-refractivity contribution in [3.8, 4) is 0 Å². The summed E-state index contributed by atoms with van der Waals surface area (Å²) in [5, 5.41) is 7.91. The van der Waals surface area contributed by atoms with Crippen LogP contribution in [0, 0.1) is 6.92 Å². The van der Waals surface area contributed by atoms with Gasteiger partial charge in [-0.25, -0.2) is 9.50 Å². The van der Waals surface area contributed by atoms with Crippen LogP contribution >= 0.6 is 11.6 Å². The summed E-state index contributed by atoms with van der Waals surface area (Å²) < 4.78 is 1.56. The summed E-state index contributed by atoms with van der Waals surface area (Å²) in [7, 11) is 0. The summed E-state index contributed by atoms with van der Waals surface area (Å²) in [6.07, 6.45) is 2.52. The zero-order valence-corrected chi connectivity index (χ0v) is 13.2. The zero-order valence-electron chi connectivity index (χ0n) is 12.4. The van der Waals surface area contributed by atoms with Crippen molar-refractivity contribution >= 4 is 23.3 Å². The van der Waals surface area contributed by atoms with Gasteiger partial charge in [0.2, 0.25) is 5.82 Å². The van der Waals surface area contributed by atoms with Crippen molar-refractivity contribution < 1.29 is 4.79 Å². The third-order valence-electron chi connectivity index (χ3n) is 4.04. The fourth-order valence-electron chi connectivity index (χ4n) is 2.71. The molecule has 2 atom stereocenters. The van der Waals surface area contributed by atoms with Crippen molar-refractivity contribution in [2.45, 2.75) is 25.3 Å². The largest absolute Gasteiger partial charge is 0.346 e. The smallest absolute Gasteiger partial charge is 0.291 e. The van der Waals surface area contributed by atoms with Gasteiger partial charge < -0.3 is 5.32 Å². The van der Waals surface area contributed by atoms with Crippen molar-refractivity contribution in [3.05, 3.63) is 58.6 Å². The van der Waals surface area contributed by atoms with Gasteiger partial charge in [-0.2, -0.15) is 4.98 Å². The van der Waals surface area contributed by atoms with E-state index in [9.17, 15) is 4.79 Å². The number of carbonyl (C=O) groups is 1. The second-order valence-corrected chi connectivity index (χ2v) is 6.08. The van der Waals surface area contributed by atoms with Crippen LogP contribution in [0.2, 0.25) is 5.02 Å². The molecule has 1 amide bonds. The number of rotatable bonds is 3. The fourth-order valence-corrected chi connectivity index (χ4v) is 2.99. The predicted molar refractivity (Wildman–Crippen MR) is 85.6 cm³/mol. The maximum absolute atomic E-state index is 12.3. The first-order valence-electron chi connectivity index (χ1n) is 7.37. The Kier molecular flexibility index (Phi) is 3.27.